The molecule has 3 rings (SSSR count). The number of aromatic nitrogens is 2. The van der Waals surface area contributed by atoms with E-state index in [1.54, 1.807) is 16.4 Å². The summed E-state index contributed by atoms with van der Waals surface area (Å²) in [5.74, 6) is 1.52. The molecule has 0 bridgehead atoms. The highest BCUT2D eigenvalue weighted by molar-refractivity contribution is 7.89. The van der Waals surface area contributed by atoms with Crippen molar-refractivity contribution in [3.8, 4) is 0 Å². The summed E-state index contributed by atoms with van der Waals surface area (Å²) in [7, 11) is -3.45. The van der Waals surface area contributed by atoms with Crippen LogP contribution in [-0.2, 0) is 16.4 Å². The van der Waals surface area contributed by atoms with Crippen LogP contribution in [0.2, 0.25) is 0 Å². The van der Waals surface area contributed by atoms with Gasteiger partial charge in [-0.1, -0.05) is 19.1 Å². The lowest BCUT2D eigenvalue weighted by molar-refractivity contribution is 0.383. The first-order valence-corrected chi connectivity index (χ1v) is 10.4. The van der Waals surface area contributed by atoms with Crippen molar-refractivity contribution in [2.75, 3.05) is 42.9 Å². The van der Waals surface area contributed by atoms with Gasteiger partial charge in [-0.3, -0.25) is 0 Å². The molecule has 7 nitrogen and oxygen atoms in total. The number of anilines is 2. The molecule has 1 aromatic carbocycles. The summed E-state index contributed by atoms with van der Waals surface area (Å²) in [5, 5.41) is 11.5. The summed E-state index contributed by atoms with van der Waals surface area (Å²) in [6, 6.07) is 11.0. The minimum atomic E-state index is -3.45. The van der Waals surface area contributed by atoms with Crippen molar-refractivity contribution >= 4 is 21.7 Å². The molecule has 0 atom stereocenters. The molecule has 1 aromatic heterocycles. The second kappa shape index (κ2) is 8.01. The van der Waals surface area contributed by atoms with Crippen LogP contribution < -0.4 is 10.2 Å². The Hall–Kier alpha value is -2.19. The van der Waals surface area contributed by atoms with Crippen molar-refractivity contribution in [3.63, 3.8) is 0 Å². The maximum atomic E-state index is 12.8. The lowest BCUT2D eigenvalue weighted by Gasteiger charge is -2.34. The van der Waals surface area contributed by atoms with Crippen LogP contribution in [0.15, 0.2) is 41.3 Å². The summed E-state index contributed by atoms with van der Waals surface area (Å²) in [6.07, 6.45) is 0.895. The van der Waals surface area contributed by atoms with Gasteiger partial charge in [-0.25, -0.2) is 8.42 Å². The molecule has 0 unspecified atom stereocenters. The summed E-state index contributed by atoms with van der Waals surface area (Å²) in [4.78, 5) is 2.42. The zero-order valence-corrected chi connectivity index (χ0v) is 16.0. The number of nitrogens with zero attached hydrogens (tertiary/aromatic N) is 4. The Morgan fingerprint density at radius 1 is 0.962 bits per heavy atom. The number of sulfonamides is 1. The van der Waals surface area contributed by atoms with E-state index in [4.69, 9.17) is 0 Å². The highest BCUT2D eigenvalue weighted by atomic mass is 32.2. The Balaban J connectivity index is 1.65. The van der Waals surface area contributed by atoms with Crippen molar-refractivity contribution in [3.05, 3.63) is 42.0 Å². The van der Waals surface area contributed by atoms with E-state index in [2.05, 4.69) is 27.3 Å². The fourth-order valence-electron chi connectivity index (χ4n) is 2.97. The molecule has 0 saturated carbocycles. The minimum Gasteiger partial charge on any atom is -0.369 e. The predicted molar refractivity (Wildman–Crippen MR) is 103 cm³/mol. The van der Waals surface area contributed by atoms with Crippen LogP contribution in [0.25, 0.3) is 0 Å². The molecule has 1 fully saturated rings. The molecule has 1 N–H and O–H groups in total. The van der Waals surface area contributed by atoms with E-state index in [1.807, 2.05) is 31.2 Å². The van der Waals surface area contributed by atoms with Crippen LogP contribution in [0.4, 0.5) is 11.6 Å². The average molecular weight is 375 g/mol. The lowest BCUT2D eigenvalue weighted by atomic mass is 10.2. The molecule has 0 aliphatic carbocycles. The zero-order chi connectivity index (χ0) is 18.6. The van der Waals surface area contributed by atoms with Gasteiger partial charge in [-0.05, 0) is 43.2 Å². The van der Waals surface area contributed by atoms with E-state index in [1.165, 1.54) is 0 Å². The maximum absolute atomic E-state index is 12.8. The molecule has 1 saturated heterocycles. The molecule has 2 heterocycles. The number of aryl methyl sites for hydroxylation is 1. The highest BCUT2D eigenvalue weighted by Crippen LogP contribution is 2.20. The quantitative estimate of drug-likeness (QED) is 0.832. The first-order chi connectivity index (χ1) is 12.5. The Kier molecular flexibility index (Phi) is 5.73. The molecule has 0 radical (unpaired) electrons. The number of hydrogen-bond donors (Lipinski definition) is 1. The third-order valence-corrected chi connectivity index (χ3v) is 6.45. The topological polar surface area (TPSA) is 78.4 Å². The minimum absolute atomic E-state index is 0.359. The Bertz CT molecular complexity index is 814. The normalized spacial score (nSPS) is 15.8. The number of piperazine rings is 1. The van der Waals surface area contributed by atoms with Gasteiger partial charge in [-0.15, -0.1) is 10.2 Å². The number of benzene rings is 1. The van der Waals surface area contributed by atoms with Crippen LogP contribution in [-0.4, -0.2) is 55.6 Å². The van der Waals surface area contributed by atoms with Crippen molar-refractivity contribution in [1.29, 1.82) is 0 Å². The second-order valence-electron chi connectivity index (χ2n) is 6.20. The summed E-state index contributed by atoms with van der Waals surface area (Å²) in [5.41, 5.74) is 1.13. The van der Waals surface area contributed by atoms with Gasteiger partial charge in [0.25, 0.3) is 0 Å². The molecule has 0 amide bonds. The Morgan fingerprint density at radius 2 is 1.65 bits per heavy atom. The summed E-state index contributed by atoms with van der Waals surface area (Å²) < 4.78 is 27.2. The Labute approximate surface area is 155 Å². The Morgan fingerprint density at radius 3 is 2.19 bits per heavy atom. The van der Waals surface area contributed by atoms with Crippen LogP contribution >= 0.6 is 0 Å². The van der Waals surface area contributed by atoms with E-state index in [0.717, 1.165) is 30.2 Å². The standard InChI is InChI=1S/C18H25N5O2S/c1-3-15-5-7-16(8-6-15)26(24,25)23-13-11-22(12-14-23)18-10-9-17(19-4-2)20-21-18/h5-10H,3-4,11-14H2,1-2H3,(H,19,20). The van der Waals surface area contributed by atoms with Crippen molar-refractivity contribution < 1.29 is 8.42 Å². The molecule has 1 aliphatic heterocycles. The molecular formula is C18H25N5O2S. The van der Waals surface area contributed by atoms with Crippen LogP contribution in [0, 0.1) is 0 Å². The van der Waals surface area contributed by atoms with Crippen LogP contribution in [0.5, 0.6) is 0 Å². The van der Waals surface area contributed by atoms with Crippen molar-refractivity contribution in [2.24, 2.45) is 0 Å². The van der Waals surface area contributed by atoms with Gasteiger partial charge in [0.1, 0.15) is 5.82 Å². The molecule has 26 heavy (non-hydrogen) atoms. The lowest BCUT2D eigenvalue weighted by Crippen LogP contribution is -2.49. The first kappa shape index (κ1) is 18.6. The predicted octanol–water partition coefficient (Wildman–Crippen LogP) is 1.98. The molecule has 140 valence electrons. The number of nitrogens with one attached hydrogen (secondary N) is 1. The van der Waals surface area contributed by atoms with E-state index >= 15 is 0 Å². The summed E-state index contributed by atoms with van der Waals surface area (Å²) in [6.45, 7) is 6.93. The molecule has 2 aromatic rings. The van der Waals surface area contributed by atoms with E-state index in [9.17, 15) is 8.42 Å². The van der Waals surface area contributed by atoms with Crippen LogP contribution in [0.1, 0.15) is 19.4 Å². The maximum Gasteiger partial charge on any atom is 0.243 e. The molecule has 8 heteroatoms. The average Bonchev–Trinajstić information content (AvgIpc) is 2.69. The van der Waals surface area contributed by atoms with Gasteiger partial charge in [0.2, 0.25) is 10.0 Å². The molecule has 1 aliphatic rings. The first-order valence-electron chi connectivity index (χ1n) is 8.96. The third kappa shape index (κ3) is 3.96. The van der Waals surface area contributed by atoms with E-state index < -0.39 is 10.0 Å². The van der Waals surface area contributed by atoms with Gasteiger partial charge in [0.15, 0.2) is 5.82 Å². The largest absolute Gasteiger partial charge is 0.369 e. The smallest absolute Gasteiger partial charge is 0.243 e. The monoisotopic (exact) mass is 375 g/mol. The van der Waals surface area contributed by atoms with Gasteiger partial charge < -0.3 is 10.2 Å². The summed E-state index contributed by atoms with van der Waals surface area (Å²) >= 11 is 0. The van der Waals surface area contributed by atoms with Gasteiger partial charge in [0, 0.05) is 32.7 Å². The molecular weight excluding hydrogens is 350 g/mol. The van der Waals surface area contributed by atoms with Crippen LogP contribution in [0.3, 0.4) is 0 Å². The van der Waals surface area contributed by atoms with Gasteiger partial charge in [0.05, 0.1) is 4.90 Å². The fraction of sp³-hybridized carbons (Fsp3) is 0.444. The van der Waals surface area contributed by atoms with Crippen molar-refractivity contribution in [2.45, 2.75) is 25.2 Å². The molecule has 0 spiro atoms. The zero-order valence-electron chi connectivity index (χ0n) is 15.2. The third-order valence-electron chi connectivity index (χ3n) is 4.54. The van der Waals surface area contributed by atoms with Gasteiger partial charge >= 0.3 is 0 Å². The number of rotatable bonds is 6. The SMILES string of the molecule is CCNc1ccc(N2CCN(S(=O)(=O)c3ccc(CC)cc3)CC2)nn1. The number of hydrogen-bond acceptors (Lipinski definition) is 6. The van der Waals surface area contributed by atoms with Crippen molar-refractivity contribution in [1.82, 2.24) is 14.5 Å². The fourth-order valence-corrected chi connectivity index (χ4v) is 4.40. The highest BCUT2D eigenvalue weighted by Gasteiger charge is 2.28. The second-order valence-corrected chi connectivity index (χ2v) is 8.13. The van der Waals surface area contributed by atoms with Gasteiger partial charge in [-0.2, -0.15) is 4.31 Å². The van der Waals surface area contributed by atoms with E-state index in [0.29, 0.717) is 31.1 Å². The van der Waals surface area contributed by atoms with E-state index in [-0.39, 0.29) is 0 Å².